The lowest BCUT2D eigenvalue weighted by Gasteiger charge is -2.11. The van der Waals surface area contributed by atoms with Gasteiger partial charge in [-0.3, -0.25) is 4.79 Å². The van der Waals surface area contributed by atoms with Crippen molar-refractivity contribution in [3.8, 4) is 0 Å². The summed E-state index contributed by atoms with van der Waals surface area (Å²) in [5.74, 6) is -0.253. The van der Waals surface area contributed by atoms with E-state index >= 15 is 0 Å². The molecule has 4 heteroatoms. The van der Waals surface area contributed by atoms with E-state index in [2.05, 4.69) is 6.92 Å². The van der Waals surface area contributed by atoms with Crippen molar-refractivity contribution in [2.45, 2.75) is 122 Å². The van der Waals surface area contributed by atoms with E-state index in [0.29, 0.717) is 19.6 Å². The number of nitrogens with two attached hydrogens (primary N) is 2. The molecule has 0 bridgehead atoms. The topological polar surface area (TPSA) is 78.3 Å². The second kappa shape index (κ2) is 20.7. The van der Waals surface area contributed by atoms with E-state index in [-0.39, 0.29) is 5.97 Å². The average Bonchev–Trinajstić information content (AvgIpc) is 2.64. The first-order valence-corrected chi connectivity index (χ1v) is 11.3. The Morgan fingerprint density at radius 1 is 0.731 bits per heavy atom. The van der Waals surface area contributed by atoms with Crippen molar-refractivity contribution in [3.05, 3.63) is 0 Å². The summed E-state index contributed by atoms with van der Waals surface area (Å²) in [6.45, 7) is 3.44. The molecule has 0 saturated carbocycles. The molecule has 1 unspecified atom stereocenters. The van der Waals surface area contributed by atoms with Gasteiger partial charge < -0.3 is 16.2 Å². The highest BCUT2D eigenvalue weighted by Crippen LogP contribution is 2.13. The first-order valence-electron chi connectivity index (χ1n) is 11.3. The largest absolute Gasteiger partial charge is 0.465 e. The number of unbranched alkanes of at least 4 members (excludes halogenated alkanes) is 14. The molecule has 4 nitrogen and oxygen atoms in total. The van der Waals surface area contributed by atoms with Crippen LogP contribution in [0.25, 0.3) is 0 Å². The number of rotatable bonds is 20. The highest BCUT2D eigenvalue weighted by atomic mass is 16.5. The van der Waals surface area contributed by atoms with E-state index in [1.165, 1.54) is 77.0 Å². The Bertz CT molecular complexity index is 298. The number of esters is 1. The van der Waals surface area contributed by atoms with E-state index in [4.69, 9.17) is 16.2 Å². The van der Waals surface area contributed by atoms with Gasteiger partial charge in [-0.15, -0.1) is 0 Å². The van der Waals surface area contributed by atoms with Crippen molar-refractivity contribution in [2.75, 3.05) is 13.2 Å². The normalized spacial score (nSPS) is 12.3. The second-order valence-corrected chi connectivity index (χ2v) is 7.65. The Kier molecular flexibility index (Phi) is 20.2. The minimum Gasteiger partial charge on any atom is -0.465 e. The summed E-state index contributed by atoms with van der Waals surface area (Å²) in [4.78, 5) is 11.7. The summed E-state index contributed by atoms with van der Waals surface area (Å²) in [5, 5.41) is 0. The lowest BCUT2D eigenvalue weighted by Crippen LogP contribution is -2.32. The van der Waals surface area contributed by atoms with Gasteiger partial charge in [-0.05, 0) is 25.8 Å². The summed E-state index contributed by atoms with van der Waals surface area (Å²) in [6, 6.07) is -0.479. The highest BCUT2D eigenvalue weighted by molar-refractivity contribution is 5.75. The maximum absolute atomic E-state index is 11.7. The molecule has 4 N–H and O–H groups in total. The molecule has 0 aromatic heterocycles. The zero-order valence-electron chi connectivity index (χ0n) is 17.5. The van der Waals surface area contributed by atoms with Crippen molar-refractivity contribution in [3.63, 3.8) is 0 Å². The molecule has 0 heterocycles. The van der Waals surface area contributed by atoms with Gasteiger partial charge in [0.2, 0.25) is 0 Å². The molecule has 0 aliphatic heterocycles. The molecule has 26 heavy (non-hydrogen) atoms. The van der Waals surface area contributed by atoms with Gasteiger partial charge in [0.1, 0.15) is 6.04 Å². The number of carbonyl (C=O) groups excluding carboxylic acids is 1. The van der Waals surface area contributed by atoms with E-state index in [9.17, 15) is 4.79 Å². The smallest absolute Gasteiger partial charge is 0.322 e. The van der Waals surface area contributed by atoms with Crippen LogP contribution in [-0.2, 0) is 9.53 Å². The van der Waals surface area contributed by atoms with Crippen LogP contribution in [0.15, 0.2) is 0 Å². The van der Waals surface area contributed by atoms with Crippen LogP contribution < -0.4 is 11.5 Å². The molecule has 0 aromatic rings. The van der Waals surface area contributed by atoms with Gasteiger partial charge in [0.15, 0.2) is 0 Å². The maximum Gasteiger partial charge on any atom is 0.322 e. The van der Waals surface area contributed by atoms with Crippen molar-refractivity contribution in [2.24, 2.45) is 11.5 Å². The van der Waals surface area contributed by atoms with Crippen LogP contribution in [0.1, 0.15) is 116 Å². The lowest BCUT2D eigenvalue weighted by atomic mass is 10.0. The summed E-state index contributed by atoms with van der Waals surface area (Å²) in [5.41, 5.74) is 11.2. The zero-order chi connectivity index (χ0) is 19.3. The van der Waals surface area contributed by atoms with E-state index in [1.807, 2.05) is 0 Å². The Morgan fingerprint density at radius 2 is 1.19 bits per heavy atom. The van der Waals surface area contributed by atoms with Crippen LogP contribution in [0, 0.1) is 0 Å². The van der Waals surface area contributed by atoms with Crippen molar-refractivity contribution in [1.82, 2.24) is 0 Å². The fourth-order valence-electron chi connectivity index (χ4n) is 3.20. The van der Waals surface area contributed by atoms with Crippen LogP contribution in [-0.4, -0.2) is 25.2 Å². The lowest BCUT2D eigenvalue weighted by molar-refractivity contribution is -0.145. The Balaban J connectivity index is 3.20. The molecule has 0 rings (SSSR count). The molecule has 0 amide bonds. The van der Waals surface area contributed by atoms with Crippen molar-refractivity contribution < 1.29 is 9.53 Å². The third-order valence-corrected chi connectivity index (χ3v) is 5.01. The minimum atomic E-state index is -0.479. The zero-order valence-corrected chi connectivity index (χ0v) is 17.5. The molecule has 0 aliphatic rings. The third kappa shape index (κ3) is 18.2. The molecule has 0 saturated heterocycles. The maximum atomic E-state index is 11.7. The molecule has 0 spiro atoms. The van der Waals surface area contributed by atoms with E-state index in [1.54, 1.807) is 0 Å². The van der Waals surface area contributed by atoms with E-state index < -0.39 is 6.04 Å². The van der Waals surface area contributed by atoms with Crippen LogP contribution in [0.2, 0.25) is 0 Å². The highest BCUT2D eigenvalue weighted by Gasteiger charge is 2.13. The number of ether oxygens (including phenoxy) is 1. The summed E-state index contributed by atoms with van der Waals surface area (Å²) >= 11 is 0. The van der Waals surface area contributed by atoms with Crippen molar-refractivity contribution >= 4 is 5.97 Å². The molecule has 156 valence electrons. The molecule has 1 atom stereocenters. The van der Waals surface area contributed by atoms with Crippen LogP contribution in [0.4, 0.5) is 0 Å². The number of carbonyl (C=O) groups is 1. The fraction of sp³-hybridized carbons (Fsp3) is 0.955. The molecule has 0 aromatic carbocycles. The van der Waals surface area contributed by atoms with Gasteiger partial charge in [0.25, 0.3) is 0 Å². The Labute approximate surface area is 162 Å². The predicted molar refractivity (Wildman–Crippen MR) is 112 cm³/mol. The monoisotopic (exact) mass is 370 g/mol. The molecule has 0 fully saturated rings. The van der Waals surface area contributed by atoms with Gasteiger partial charge >= 0.3 is 5.97 Å². The minimum absolute atomic E-state index is 0.253. The third-order valence-electron chi connectivity index (χ3n) is 5.01. The Morgan fingerprint density at radius 3 is 1.65 bits per heavy atom. The quantitative estimate of drug-likeness (QED) is 0.220. The van der Waals surface area contributed by atoms with Crippen LogP contribution >= 0.6 is 0 Å². The molecule has 0 aliphatic carbocycles. The fourth-order valence-corrected chi connectivity index (χ4v) is 3.20. The van der Waals surface area contributed by atoms with Gasteiger partial charge in [-0.25, -0.2) is 0 Å². The van der Waals surface area contributed by atoms with Crippen LogP contribution in [0.5, 0.6) is 0 Å². The SMILES string of the molecule is CCCCCCCCCCCCCCCCOC(=O)C(N)CCCCN. The van der Waals surface area contributed by atoms with Gasteiger partial charge in [-0.1, -0.05) is 96.8 Å². The Hall–Kier alpha value is -0.610. The molecular formula is C22H46N2O2. The molecule has 0 radical (unpaired) electrons. The van der Waals surface area contributed by atoms with Gasteiger partial charge in [0, 0.05) is 0 Å². The molecular weight excluding hydrogens is 324 g/mol. The van der Waals surface area contributed by atoms with Crippen LogP contribution in [0.3, 0.4) is 0 Å². The number of hydrogen-bond donors (Lipinski definition) is 2. The van der Waals surface area contributed by atoms with Gasteiger partial charge in [0.05, 0.1) is 6.61 Å². The summed E-state index contributed by atoms with van der Waals surface area (Å²) in [6.07, 6.45) is 21.1. The summed E-state index contributed by atoms with van der Waals surface area (Å²) in [7, 11) is 0. The second-order valence-electron chi connectivity index (χ2n) is 7.65. The standard InChI is InChI=1S/C22H46N2O2/c1-2-3-4-5-6-7-8-9-10-11-12-13-14-17-20-26-22(25)21(24)18-15-16-19-23/h21H,2-20,23-24H2,1H3. The average molecular weight is 371 g/mol. The summed E-state index contributed by atoms with van der Waals surface area (Å²) < 4.78 is 5.25. The first kappa shape index (κ1) is 25.4. The number of hydrogen-bond acceptors (Lipinski definition) is 4. The van der Waals surface area contributed by atoms with Gasteiger partial charge in [-0.2, -0.15) is 0 Å². The van der Waals surface area contributed by atoms with Crippen molar-refractivity contribution in [1.29, 1.82) is 0 Å². The predicted octanol–water partition coefficient (Wildman–Crippen LogP) is 5.47. The van der Waals surface area contributed by atoms with E-state index in [0.717, 1.165) is 25.7 Å². The first-order chi connectivity index (χ1) is 12.7.